The number of hydrogen-bond donors (Lipinski definition) is 1. The molecule has 2 saturated heterocycles. The van der Waals surface area contributed by atoms with Crippen LogP contribution in [0.1, 0.15) is 25.3 Å². The van der Waals surface area contributed by atoms with Gasteiger partial charge in [0.05, 0.1) is 12.6 Å². The fourth-order valence-corrected chi connectivity index (χ4v) is 3.10. The van der Waals surface area contributed by atoms with Crippen molar-refractivity contribution >= 4 is 6.03 Å². The predicted molar refractivity (Wildman–Crippen MR) is 86.0 cm³/mol. The minimum atomic E-state index is 0.0956. The second-order valence-electron chi connectivity index (χ2n) is 6.11. The number of hydrogen-bond acceptors (Lipinski definition) is 3. The van der Waals surface area contributed by atoms with Crippen LogP contribution >= 0.6 is 0 Å². The summed E-state index contributed by atoms with van der Waals surface area (Å²) >= 11 is 0. The molecule has 5 nitrogen and oxygen atoms in total. The lowest BCUT2D eigenvalue weighted by atomic mass is 10.1. The first kappa shape index (κ1) is 15.2. The molecule has 2 aliphatic rings. The van der Waals surface area contributed by atoms with Crippen LogP contribution in [0.2, 0.25) is 0 Å². The number of carbonyl (C=O) groups is 1. The molecule has 2 fully saturated rings. The first-order valence-corrected chi connectivity index (χ1v) is 8.25. The second kappa shape index (κ2) is 7.01. The molecule has 1 aromatic carbocycles. The largest absolute Gasteiger partial charge is 0.494 e. The van der Waals surface area contributed by atoms with E-state index in [1.807, 2.05) is 4.90 Å². The first-order chi connectivity index (χ1) is 10.8. The summed E-state index contributed by atoms with van der Waals surface area (Å²) < 4.78 is 5.69. The van der Waals surface area contributed by atoms with Gasteiger partial charge in [-0.1, -0.05) is 25.5 Å². The molecular formula is C17H25N3O2. The number of rotatable bonds is 6. The molecular weight excluding hydrogens is 278 g/mol. The van der Waals surface area contributed by atoms with Crippen LogP contribution in [-0.4, -0.2) is 54.7 Å². The highest BCUT2D eigenvalue weighted by Gasteiger charge is 2.35. The van der Waals surface area contributed by atoms with Crippen molar-refractivity contribution in [2.75, 3.05) is 32.8 Å². The third-order valence-electron chi connectivity index (χ3n) is 4.41. The fourth-order valence-electron chi connectivity index (χ4n) is 3.10. The van der Waals surface area contributed by atoms with E-state index in [0.29, 0.717) is 6.04 Å². The van der Waals surface area contributed by atoms with E-state index in [4.69, 9.17) is 4.74 Å². The van der Waals surface area contributed by atoms with E-state index in [2.05, 4.69) is 41.4 Å². The van der Waals surface area contributed by atoms with E-state index in [-0.39, 0.29) is 6.03 Å². The third kappa shape index (κ3) is 3.53. The Morgan fingerprint density at radius 2 is 2.09 bits per heavy atom. The Labute approximate surface area is 132 Å². The van der Waals surface area contributed by atoms with E-state index in [1.54, 1.807) is 0 Å². The van der Waals surface area contributed by atoms with Crippen molar-refractivity contribution in [3.05, 3.63) is 29.8 Å². The van der Waals surface area contributed by atoms with Gasteiger partial charge < -0.3 is 15.0 Å². The molecule has 2 amide bonds. The summed E-state index contributed by atoms with van der Waals surface area (Å²) in [5.41, 5.74) is 1.30. The van der Waals surface area contributed by atoms with Gasteiger partial charge in [-0.3, -0.25) is 4.90 Å². The number of benzene rings is 1. The van der Waals surface area contributed by atoms with Gasteiger partial charge in [-0.15, -0.1) is 0 Å². The molecule has 0 unspecified atom stereocenters. The molecule has 22 heavy (non-hydrogen) atoms. The van der Waals surface area contributed by atoms with Crippen LogP contribution in [0.3, 0.4) is 0 Å². The molecule has 0 aliphatic carbocycles. The van der Waals surface area contributed by atoms with E-state index in [0.717, 1.165) is 57.9 Å². The number of amides is 2. The van der Waals surface area contributed by atoms with Crippen molar-refractivity contribution in [1.29, 1.82) is 0 Å². The molecule has 2 heterocycles. The maximum atomic E-state index is 11.6. The fraction of sp³-hybridized carbons (Fsp3) is 0.588. The van der Waals surface area contributed by atoms with E-state index < -0.39 is 0 Å². The minimum absolute atomic E-state index is 0.0956. The van der Waals surface area contributed by atoms with Crippen molar-refractivity contribution in [1.82, 2.24) is 15.1 Å². The quantitative estimate of drug-likeness (QED) is 0.818. The number of carbonyl (C=O) groups excluding carboxylic acids is 1. The Kier molecular flexibility index (Phi) is 4.83. The molecule has 1 aromatic rings. The summed E-state index contributed by atoms with van der Waals surface area (Å²) in [4.78, 5) is 16.0. The maximum Gasteiger partial charge on any atom is 0.317 e. The lowest BCUT2D eigenvalue weighted by Crippen LogP contribution is -2.51. The van der Waals surface area contributed by atoms with E-state index in [1.165, 1.54) is 5.56 Å². The van der Waals surface area contributed by atoms with Crippen LogP contribution in [0.4, 0.5) is 4.79 Å². The van der Waals surface area contributed by atoms with Gasteiger partial charge in [0.15, 0.2) is 0 Å². The SMILES string of the molecule is CCCCOc1ccc(CN2CCN3C(=O)NC[C@H]3C2)cc1. The highest BCUT2D eigenvalue weighted by molar-refractivity contribution is 5.77. The predicted octanol–water partition coefficient (Wildman–Crippen LogP) is 2.07. The van der Waals surface area contributed by atoms with Crippen molar-refractivity contribution < 1.29 is 9.53 Å². The Bertz CT molecular complexity index is 503. The Morgan fingerprint density at radius 3 is 2.86 bits per heavy atom. The number of ether oxygens (including phenoxy) is 1. The van der Waals surface area contributed by atoms with E-state index in [9.17, 15) is 4.79 Å². The van der Waals surface area contributed by atoms with Gasteiger partial charge in [-0.25, -0.2) is 4.79 Å². The molecule has 0 aromatic heterocycles. The van der Waals surface area contributed by atoms with Crippen molar-refractivity contribution in [3.8, 4) is 5.75 Å². The monoisotopic (exact) mass is 303 g/mol. The standard InChI is InChI=1S/C17H25N3O2/c1-2-3-10-22-16-6-4-14(5-7-16)12-19-8-9-20-15(13-19)11-18-17(20)21/h4-7,15H,2-3,8-13H2,1H3,(H,18,21)/t15-/m0/s1. The average Bonchev–Trinajstić information content (AvgIpc) is 2.90. The van der Waals surface area contributed by atoms with Gasteiger partial charge in [0.25, 0.3) is 0 Å². The van der Waals surface area contributed by atoms with Crippen molar-refractivity contribution in [2.45, 2.75) is 32.4 Å². The Morgan fingerprint density at radius 1 is 1.27 bits per heavy atom. The maximum absolute atomic E-state index is 11.6. The highest BCUT2D eigenvalue weighted by Crippen LogP contribution is 2.18. The normalized spacial score (nSPS) is 21.6. The van der Waals surface area contributed by atoms with Gasteiger partial charge in [0, 0.05) is 32.7 Å². The summed E-state index contributed by atoms with van der Waals surface area (Å²) in [7, 11) is 0. The van der Waals surface area contributed by atoms with Gasteiger partial charge >= 0.3 is 6.03 Å². The highest BCUT2D eigenvalue weighted by atomic mass is 16.5. The number of urea groups is 1. The van der Waals surface area contributed by atoms with Crippen LogP contribution in [0.5, 0.6) is 5.75 Å². The number of piperazine rings is 1. The number of nitrogens with zero attached hydrogens (tertiary/aromatic N) is 2. The number of nitrogens with one attached hydrogen (secondary N) is 1. The molecule has 2 aliphatic heterocycles. The molecule has 0 bridgehead atoms. The smallest absolute Gasteiger partial charge is 0.317 e. The zero-order valence-electron chi connectivity index (χ0n) is 13.3. The summed E-state index contributed by atoms with van der Waals surface area (Å²) in [6.07, 6.45) is 2.25. The van der Waals surface area contributed by atoms with Crippen molar-refractivity contribution in [2.24, 2.45) is 0 Å². The Hall–Kier alpha value is -1.75. The van der Waals surface area contributed by atoms with Crippen LogP contribution < -0.4 is 10.1 Å². The summed E-state index contributed by atoms with van der Waals surface area (Å²) in [5, 5.41) is 2.92. The van der Waals surface area contributed by atoms with Gasteiger partial charge in [-0.2, -0.15) is 0 Å². The first-order valence-electron chi connectivity index (χ1n) is 8.25. The second-order valence-corrected chi connectivity index (χ2v) is 6.11. The zero-order chi connectivity index (χ0) is 15.4. The number of unbranched alkanes of at least 4 members (excludes halogenated alkanes) is 1. The molecule has 0 radical (unpaired) electrons. The lowest BCUT2D eigenvalue weighted by Gasteiger charge is -2.36. The van der Waals surface area contributed by atoms with Crippen LogP contribution in [-0.2, 0) is 6.54 Å². The zero-order valence-corrected chi connectivity index (χ0v) is 13.3. The van der Waals surface area contributed by atoms with Crippen LogP contribution in [0.15, 0.2) is 24.3 Å². The van der Waals surface area contributed by atoms with Crippen LogP contribution in [0, 0.1) is 0 Å². The molecule has 120 valence electrons. The average molecular weight is 303 g/mol. The summed E-state index contributed by atoms with van der Waals surface area (Å²) in [5.74, 6) is 0.951. The van der Waals surface area contributed by atoms with Gasteiger partial charge in [0.2, 0.25) is 0 Å². The molecule has 5 heteroatoms. The van der Waals surface area contributed by atoms with Gasteiger partial charge in [-0.05, 0) is 24.1 Å². The number of fused-ring (bicyclic) bond motifs is 1. The molecule has 1 N–H and O–H groups in total. The Balaban J connectivity index is 1.50. The summed E-state index contributed by atoms with van der Waals surface area (Å²) in [6, 6.07) is 8.83. The minimum Gasteiger partial charge on any atom is -0.494 e. The molecule has 1 atom stereocenters. The van der Waals surface area contributed by atoms with E-state index >= 15 is 0 Å². The third-order valence-corrected chi connectivity index (χ3v) is 4.41. The molecule has 0 saturated carbocycles. The molecule has 0 spiro atoms. The van der Waals surface area contributed by atoms with Crippen molar-refractivity contribution in [3.63, 3.8) is 0 Å². The topological polar surface area (TPSA) is 44.8 Å². The molecule has 3 rings (SSSR count). The lowest BCUT2D eigenvalue weighted by molar-refractivity contribution is 0.116. The summed E-state index contributed by atoms with van der Waals surface area (Å²) in [6.45, 7) is 7.40. The van der Waals surface area contributed by atoms with Gasteiger partial charge in [0.1, 0.15) is 5.75 Å². The van der Waals surface area contributed by atoms with Crippen LogP contribution in [0.25, 0.3) is 0 Å².